The van der Waals surface area contributed by atoms with Crippen molar-refractivity contribution in [3.8, 4) is 0 Å². The van der Waals surface area contributed by atoms with Crippen molar-refractivity contribution in [1.29, 1.82) is 0 Å². The van der Waals surface area contributed by atoms with Crippen LogP contribution in [0.15, 0.2) is 65.7 Å². The molecule has 2 aromatic carbocycles. The molecule has 4 rings (SSSR count). The zero-order valence-electron chi connectivity index (χ0n) is 13.5. The van der Waals surface area contributed by atoms with Crippen molar-refractivity contribution in [2.24, 2.45) is 0 Å². The number of nitrogens with one attached hydrogen (secondary N) is 3. The van der Waals surface area contributed by atoms with Crippen molar-refractivity contribution >= 4 is 27.6 Å². The van der Waals surface area contributed by atoms with Crippen LogP contribution >= 0.6 is 0 Å². The van der Waals surface area contributed by atoms with Crippen LogP contribution in [-0.2, 0) is 6.42 Å². The van der Waals surface area contributed by atoms with E-state index in [0.717, 1.165) is 21.9 Å². The highest BCUT2D eigenvalue weighted by Crippen LogP contribution is 2.26. The number of benzene rings is 2. The minimum atomic E-state index is -0.0936. The quantitative estimate of drug-likeness (QED) is 0.537. The van der Waals surface area contributed by atoms with E-state index in [1.54, 1.807) is 18.3 Å². The molecule has 25 heavy (non-hydrogen) atoms. The fourth-order valence-corrected chi connectivity index (χ4v) is 3.17. The number of amides is 1. The predicted molar refractivity (Wildman–Crippen MR) is 98.9 cm³/mol. The number of rotatable bonds is 4. The molecular formula is C20H17N3O2. The number of hydrogen-bond donors (Lipinski definition) is 3. The number of hydrogen-bond acceptors (Lipinski definition) is 2. The standard InChI is InChI=1S/C20H17N3O2/c24-19(13-4-2-1-3-5-13)21-10-8-14-12-23-17-7-6-16-15(18(14)17)9-11-22-20(16)25/h1-7,9,11-12,23H,8,10H2,(H,21,24)(H,22,25). The average Bonchev–Trinajstić information content (AvgIpc) is 3.06. The number of carbonyl (C=O) groups is 1. The molecular weight excluding hydrogens is 314 g/mol. The minimum absolute atomic E-state index is 0.0817. The molecule has 0 saturated heterocycles. The first-order chi connectivity index (χ1) is 12.2. The predicted octanol–water partition coefficient (Wildman–Crippen LogP) is 2.98. The van der Waals surface area contributed by atoms with Gasteiger partial charge in [-0.05, 0) is 47.7 Å². The van der Waals surface area contributed by atoms with E-state index in [0.29, 0.717) is 23.9 Å². The molecule has 124 valence electrons. The van der Waals surface area contributed by atoms with Crippen molar-refractivity contribution in [2.75, 3.05) is 6.54 Å². The highest BCUT2D eigenvalue weighted by atomic mass is 16.1. The first kappa shape index (κ1) is 15.2. The Morgan fingerprint density at radius 2 is 1.80 bits per heavy atom. The van der Waals surface area contributed by atoms with Crippen LogP contribution in [0.5, 0.6) is 0 Å². The van der Waals surface area contributed by atoms with Crippen LogP contribution in [0.1, 0.15) is 15.9 Å². The van der Waals surface area contributed by atoms with Gasteiger partial charge < -0.3 is 15.3 Å². The largest absolute Gasteiger partial charge is 0.361 e. The summed E-state index contributed by atoms with van der Waals surface area (Å²) in [4.78, 5) is 30.1. The third kappa shape index (κ3) is 2.80. The minimum Gasteiger partial charge on any atom is -0.361 e. The molecule has 0 spiro atoms. The second-order valence-electron chi connectivity index (χ2n) is 5.94. The Bertz CT molecular complexity index is 1110. The molecule has 0 aliphatic heterocycles. The first-order valence-corrected chi connectivity index (χ1v) is 8.17. The molecule has 0 atom stereocenters. The van der Waals surface area contributed by atoms with E-state index >= 15 is 0 Å². The van der Waals surface area contributed by atoms with E-state index in [9.17, 15) is 9.59 Å². The Kier molecular flexibility index (Phi) is 3.82. The van der Waals surface area contributed by atoms with Crippen molar-refractivity contribution < 1.29 is 4.79 Å². The van der Waals surface area contributed by atoms with E-state index in [2.05, 4.69) is 15.3 Å². The second kappa shape index (κ2) is 6.28. The first-order valence-electron chi connectivity index (χ1n) is 8.17. The summed E-state index contributed by atoms with van der Waals surface area (Å²) in [6.45, 7) is 0.528. The highest BCUT2D eigenvalue weighted by Gasteiger charge is 2.10. The van der Waals surface area contributed by atoms with Crippen LogP contribution in [0.4, 0.5) is 0 Å². The van der Waals surface area contributed by atoms with Gasteiger partial charge in [0.25, 0.3) is 11.5 Å². The van der Waals surface area contributed by atoms with E-state index in [1.165, 1.54) is 0 Å². The number of pyridine rings is 1. The fraction of sp³-hybridized carbons (Fsp3) is 0.100. The lowest BCUT2D eigenvalue weighted by Crippen LogP contribution is -2.25. The molecule has 5 nitrogen and oxygen atoms in total. The highest BCUT2D eigenvalue weighted by molar-refractivity contribution is 6.07. The molecule has 0 radical (unpaired) electrons. The molecule has 0 unspecified atom stereocenters. The summed E-state index contributed by atoms with van der Waals surface area (Å²) in [6, 6.07) is 14.8. The van der Waals surface area contributed by atoms with Crippen molar-refractivity contribution in [3.05, 3.63) is 82.4 Å². The summed E-state index contributed by atoms with van der Waals surface area (Å²) in [5.41, 5.74) is 2.63. The molecule has 2 heterocycles. The summed E-state index contributed by atoms with van der Waals surface area (Å²) in [6.07, 6.45) is 4.29. The Morgan fingerprint density at radius 1 is 0.960 bits per heavy atom. The van der Waals surface area contributed by atoms with Gasteiger partial charge in [-0.3, -0.25) is 9.59 Å². The average molecular weight is 331 g/mol. The van der Waals surface area contributed by atoms with Crippen LogP contribution < -0.4 is 10.9 Å². The molecule has 2 aromatic heterocycles. The zero-order valence-corrected chi connectivity index (χ0v) is 13.5. The number of fused-ring (bicyclic) bond motifs is 3. The van der Waals surface area contributed by atoms with E-state index in [4.69, 9.17) is 0 Å². The Labute approximate surface area is 143 Å². The molecule has 0 aliphatic rings. The van der Waals surface area contributed by atoms with Gasteiger partial charge in [-0.2, -0.15) is 0 Å². The summed E-state index contributed by atoms with van der Waals surface area (Å²) >= 11 is 0. The van der Waals surface area contributed by atoms with Gasteiger partial charge in [0.15, 0.2) is 0 Å². The van der Waals surface area contributed by atoms with Crippen LogP contribution in [-0.4, -0.2) is 22.4 Å². The van der Waals surface area contributed by atoms with E-state index in [-0.39, 0.29) is 11.5 Å². The van der Waals surface area contributed by atoms with Crippen molar-refractivity contribution in [1.82, 2.24) is 15.3 Å². The molecule has 0 fully saturated rings. The summed E-state index contributed by atoms with van der Waals surface area (Å²) < 4.78 is 0. The van der Waals surface area contributed by atoms with Gasteiger partial charge in [-0.25, -0.2) is 0 Å². The van der Waals surface area contributed by atoms with Gasteiger partial charge in [-0.15, -0.1) is 0 Å². The second-order valence-corrected chi connectivity index (χ2v) is 5.94. The van der Waals surface area contributed by atoms with Crippen LogP contribution in [0.2, 0.25) is 0 Å². The normalized spacial score (nSPS) is 11.0. The Balaban J connectivity index is 1.59. The summed E-state index contributed by atoms with van der Waals surface area (Å²) in [7, 11) is 0. The Morgan fingerprint density at radius 3 is 2.64 bits per heavy atom. The van der Waals surface area contributed by atoms with E-state index < -0.39 is 0 Å². The molecule has 3 N–H and O–H groups in total. The molecule has 4 aromatic rings. The van der Waals surface area contributed by atoms with Crippen LogP contribution in [0, 0.1) is 0 Å². The number of aromatic amines is 2. The molecule has 1 amide bonds. The van der Waals surface area contributed by atoms with Gasteiger partial charge in [0.05, 0.1) is 0 Å². The van der Waals surface area contributed by atoms with Gasteiger partial charge in [0.2, 0.25) is 0 Å². The lowest BCUT2D eigenvalue weighted by Gasteiger charge is -2.06. The monoisotopic (exact) mass is 331 g/mol. The van der Waals surface area contributed by atoms with Crippen molar-refractivity contribution in [3.63, 3.8) is 0 Å². The number of aromatic nitrogens is 2. The van der Waals surface area contributed by atoms with E-state index in [1.807, 2.05) is 42.6 Å². The Hall–Kier alpha value is -3.34. The van der Waals surface area contributed by atoms with Gasteiger partial charge in [0.1, 0.15) is 0 Å². The van der Waals surface area contributed by atoms with Crippen molar-refractivity contribution in [2.45, 2.75) is 6.42 Å². The summed E-state index contributed by atoms with van der Waals surface area (Å²) in [5.74, 6) is -0.0817. The third-order valence-corrected chi connectivity index (χ3v) is 4.39. The van der Waals surface area contributed by atoms with Gasteiger partial charge in [-0.1, -0.05) is 18.2 Å². The maximum absolute atomic E-state index is 12.1. The lowest BCUT2D eigenvalue weighted by molar-refractivity contribution is 0.0954. The smallest absolute Gasteiger partial charge is 0.255 e. The summed E-state index contributed by atoms with van der Waals surface area (Å²) in [5, 5.41) is 5.57. The lowest BCUT2D eigenvalue weighted by atomic mass is 10.0. The zero-order chi connectivity index (χ0) is 17.2. The van der Waals surface area contributed by atoms with Crippen LogP contribution in [0.25, 0.3) is 21.7 Å². The maximum atomic E-state index is 12.1. The molecule has 0 aliphatic carbocycles. The van der Waals surface area contributed by atoms with Gasteiger partial charge in [0, 0.05) is 40.8 Å². The molecule has 5 heteroatoms. The number of H-pyrrole nitrogens is 2. The fourth-order valence-electron chi connectivity index (χ4n) is 3.17. The topological polar surface area (TPSA) is 77.8 Å². The third-order valence-electron chi connectivity index (χ3n) is 4.39. The molecule has 0 bridgehead atoms. The maximum Gasteiger partial charge on any atom is 0.255 e. The molecule has 0 saturated carbocycles. The SMILES string of the molecule is O=C(NCCc1c[nH]c2ccc3c(=O)[nH]ccc3c12)c1ccccc1. The van der Waals surface area contributed by atoms with Crippen LogP contribution in [0.3, 0.4) is 0 Å². The van der Waals surface area contributed by atoms with Gasteiger partial charge >= 0.3 is 0 Å². The number of carbonyl (C=O) groups excluding carboxylic acids is 1.